The highest BCUT2D eigenvalue weighted by molar-refractivity contribution is 5.20. The van der Waals surface area contributed by atoms with E-state index in [2.05, 4.69) is 4.90 Å². The van der Waals surface area contributed by atoms with Gasteiger partial charge < -0.3 is 9.84 Å². The van der Waals surface area contributed by atoms with E-state index in [9.17, 15) is 5.11 Å². The summed E-state index contributed by atoms with van der Waals surface area (Å²) in [5, 5.41) is 10.2. The molecular formula is C18H27NO2. The van der Waals surface area contributed by atoms with Gasteiger partial charge in [0.15, 0.2) is 0 Å². The van der Waals surface area contributed by atoms with Crippen LogP contribution in [0.1, 0.15) is 38.5 Å². The molecule has 0 amide bonds. The molecule has 0 spiro atoms. The Kier molecular flexibility index (Phi) is 5.15. The van der Waals surface area contributed by atoms with Crippen LogP contribution in [0.3, 0.4) is 0 Å². The number of nitrogens with zero attached hydrogens (tertiary/aromatic N) is 1. The number of likely N-dealkylation sites (tertiary alicyclic amines) is 1. The lowest BCUT2D eigenvalue weighted by Gasteiger charge is -2.41. The molecule has 1 heterocycles. The standard InChI is InChI=1S/C18H27NO2/c20-18-9-5-4-8-17(18)19-12-10-15(11-13-19)14-21-16-6-2-1-3-7-16/h1-3,6-7,15,17-18,20H,4-5,8-14H2/t17-,18-/m1/s1. The maximum atomic E-state index is 10.2. The summed E-state index contributed by atoms with van der Waals surface area (Å²) in [4.78, 5) is 2.52. The molecule has 1 aromatic rings. The molecule has 116 valence electrons. The second-order valence-electron chi connectivity index (χ2n) is 6.52. The van der Waals surface area contributed by atoms with Crippen LogP contribution in [-0.2, 0) is 0 Å². The third-order valence-corrected chi connectivity index (χ3v) is 5.04. The zero-order valence-electron chi connectivity index (χ0n) is 12.8. The number of aliphatic hydroxyl groups excluding tert-OH is 1. The van der Waals surface area contributed by atoms with E-state index in [-0.39, 0.29) is 6.10 Å². The molecule has 3 heteroatoms. The fraction of sp³-hybridized carbons (Fsp3) is 0.667. The van der Waals surface area contributed by atoms with Crippen molar-refractivity contribution in [1.82, 2.24) is 4.90 Å². The predicted octanol–water partition coefficient (Wildman–Crippen LogP) is 3.08. The van der Waals surface area contributed by atoms with Crippen molar-refractivity contribution < 1.29 is 9.84 Å². The smallest absolute Gasteiger partial charge is 0.119 e. The SMILES string of the molecule is O[C@@H]1CCCC[C@H]1N1CCC(COc2ccccc2)CC1. The summed E-state index contributed by atoms with van der Waals surface area (Å²) in [6.45, 7) is 3.06. The largest absolute Gasteiger partial charge is 0.493 e. The fourth-order valence-electron chi connectivity index (χ4n) is 3.70. The van der Waals surface area contributed by atoms with Gasteiger partial charge in [-0.1, -0.05) is 31.0 Å². The molecule has 2 fully saturated rings. The molecule has 1 saturated heterocycles. The van der Waals surface area contributed by atoms with E-state index in [1.807, 2.05) is 30.3 Å². The second-order valence-corrected chi connectivity index (χ2v) is 6.52. The van der Waals surface area contributed by atoms with E-state index in [0.29, 0.717) is 12.0 Å². The van der Waals surface area contributed by atoms with E-state index >= 15 is 0 Å². The van der Waals surface area contributed by atoms with Crippen LogP contribution in [-0.4, -0.2) is 41.8 Å². The Bertz CT molecular complexity index is 414. The maximum absolute atomic E-state index is 10.2. The quantitative estimate of drug-likeness (QED) is 0.924. The average molecular weight is 289 g/mol. The number of para-hydroxylation sites is 1. The van der Waals surface area contributed by atoms with Gasteiger partial charge >= 0.3 is 0 Å². The van der Waals surface area contributed by atoms with Crippen LogP contribution in [0.15, 0.2) is 30.3 Å². The van der Waals surface area contributed by atoms with Crippen LogP contribution in [0.2, 0.25) is 0 Å². The second kappa shape index (κ2) is 7.28. The minimum atomic E-state index is -0.101. The van der Waals surface area contributed by atoms with E-state index in [4.69, 9.17) is 4.74 Å². The average Bonchev–Trinajstić information content (AvgIpc) is 2.55. The molecule has 0 aromatic heterocycles. The zero-order chi connectivity index (χ0) is 14.5. The van der Waals surface area contributed by atoms with Crippen LogP contribution in [0.5, 0.6) is 5.75 Å². The van der Waals surface area contributed by atoms with E-state index in [0.717, 1.165) is 31.9 Å². The summed E-state index contributed by atoms with van der Waals surface area (Å²) in [6, 6.07) is 10.5. The first-order valence-corrected chi connectivity index (χ1v) is 8.43. The summed E-state index contributed by atoms with van der Waals surface area (Å²) in [7, 11) is 0. The van der Waals surface area contributed by atoms with Gasteiger partial charge in [-0.2, -0.15) is 0 Å². The van der Waals surface area contributed by atoms with Crippen molar-refractivity contribution >= 4 is 0 Å². The van der Waals surface area contributed by atoms with Crippen molar-refractivity contribution in [3.8, 4) is 5.75 Å². The maximum Gasteiger partial charge on any atom is 0.119 e. The molecule has 3 nitrogen and oxygen atoms in total. The molecule has 0 radical (unpaired) electrons. The number of benzene rings is 1. The highest BCUT2D eigenvalue weighted by atomic mass is 16.5. The Labute approximate surface area is 127 Å². The van der Waals surface area contributed by atoms with Crippen LogP contribution in [0, 0.1) is 5.92 Å². The monoisotopic (exact) mass is 289 g/mol. The zero-order valence-corrected chi connectivity index (χ0v) is 12.8. The number of piperidine rings is 1. The molecule has 3 rings (SSSR count). The van der Waals surface area contributed by atoms with Crippen LogP contribution in [0.4, 0.5) is 0 Å². The molecule has 1 aromatic carbocycles. The van der Waals surface area contributed by atoms with Gasteiger partial charge in [0.25, 0.3) is 0 Å². The number of hydrogen-bond donors (Lipinski definition) is 1. The van der Waals surface area contributed by atoms with Crippen LogP contribution in [0.25, 0.3) is 0 Å². The lowest BCUT2D eigenvalue weighted by atomic mass is 9.88. The summed E-state index contributed by atoms with van der Waals surface area (Å²) in [5.41, 5.74) is 0. The highest BCUT2D eigenvalue weighted by Gasteiger charge is 2.31. The van der Waals surface area contributed by atoms with Crippen molar-refractivity contribution in [3.05, 3.63) is 30.3 Å². The molecule has 1 saturated carbocycles. The number of hydrogen-bond acceptors (Lipinski definition) is 3. The Morgan fingerprint density at radius 2 is 1.71 bits per heavy atom. The molecular weight excluding hydrogens is 262 g/mol. The van der Waals surface area contributed by atoms with Gasteiger partial charge in [-0.25, -0.2) is 0 Å². The lowest BCUT2D eigenvalue weighted by Crippen LogP contribution is -2.49. The Hall–Kier alpha value is -1.06. The topological polar surface area (TPSA) is 32.7 Å². The molecule has 21 heavy (non-hydrogen) atoms. The van der Waals surface area contributed by atoms with Crippen molar-refractivity contribution in [2.75, 3.05) is 19.7 Å². The minimum Gasteiger partial charge on any atom is -0.493 e. The van der Waals surface area contributed by atoms with Gasteiger partial charge in [0.05, 0.1) is 12.7 Å². The molecule has 2 atom stereocenters. The molecule has 1 aliphatic heterocycles. The molecule has 1 aliphatic carbocycles. The molecule has 0 bridgehead atoms. The Balaban J connectivity index is 1.42. The summed E-state index contributed by atoms with van der Waals surface area (Å²) < 4.78 is 5.88. The van der Waals surface area contributed by atoms with Gasteiger partial charge in [-0.05, 0) is 56.8 Å². The highest BCUT2D eigenvalue weighted by Crippen LogP contribution is 2.27. The normalized spacial score (nSPS) is 28.4. The first kappa shape index (κ1) is 14.9. The number of aliphatic hydroxyl groups is 1. The number of rotatable bonds is 4. The fourth-order valence-corrected chi connectivity index (χ4v) is 3.70. The third-order valence-electron chi connectivity index (χ3n) is 5.04. The van der Waals surface area contributed by atoms with Gasteiger partial charge in [0.1, 0.15) is 5.75 Å². The number of ether oxygens (including phenoxy) is 1. The van der Waals surface area contributed by atoms with E-state index < -0.39 is 0 Å². The van der Waals surface area contributed by atoms with Gasteiger partial charge in [-0.3, -0.25) is 4.90 Å². The Morgan fingerprint density at radius 1 is 1.00 bits per heavy atom. The Morgan fingerprint density at radius 3 is 2.43 bits per heavy atom. The first-order valence-electron chi connectivity index (χ1n) is 8.43. The van der Waals surface area contributed by atoms with E-state index in [1.165, 1.54) is 32.1 Å². The first-order chi connectivity index (χ1) is 10.3. The third kappa shape index (κ3) is 3.98. The molecule has 2 aliphatic rings. The van der Waals surface area contributed by atoms with Crippen LogP contribution < -0.4 is 4.74 Å². The van der Waals surface area contributed by atoms with Crippen molar-refractivity contribution in [1.29, 1.82) is 0 Å². The van der Waals surface area contributed by atoms with Gasteiger partial charge in [-0.15, -0.1) is 0 Å². The predicted molar refractivity (Wildman–Crippen MR) is 84.5 cm³/mol. The van der Waals surface area contributed by atoms with Crippen LogP contribution >= 0.6 is 0 Å². The van der Waals surface area contributed by atoms with Crippen molar-refractivity contribution in [2.24, 2.45) is 5.92 Å². The lowest BCUT2D eigenvalue weighted by molar-refractivity contribution is 0.000455. The van der Waals surface area contributed by atoms with Gasteiger partial charge in [0, 0.05) is 6.04 Å². The van der Waals surface area contributed by atoms with Crippen molar-refractivity contribution in [3.63, 3.8) is 0 Å². The minimum absolute atomic E-state index is 0.101. The summed E-state index contributed by atoms with van der Waals surface area (Å²) >= 11 is 0. The van der Waals surface area contributed by atoms with E-state index in [1.54, 1.807) is 0 Å². The summed E-state index contributed by atoms with van der Waals surface area (Å²) in [5.74, 6) is 1.63. The summed E-state index contributed by atoms with van der Waals surface area (Å²) in [6.07, 6.45) is 6.91. The van der Waals surface area contributed by atoms with Gasteiger partial charge in [0.2, 0.25) is 0 Å². The van der Waals surface area contributed by atoms with Crippen molar-refractivity contribution in [2.45, 2.75) is 50.7 Å². The molecule has 1 N–H and O–H groups in total. The molecule has 0 unspecified atom stereocenters.